The SMILES string of the molecule is CC=Cc1ccccc1OCC(C)(C)CNCC. The zero-order valence-electron chi connectivity index (χ0n) is 12.0. The third kappa shape index (κ3) is 4.92. The first kappa shape index (κ1) is 14.8. The molecular weight excluding hydrogens is 222 g/mol. The molecule has 2 nitrogen and oxygen atoms in total. The molecule has 0 spiro atoms. The fourth-order valence-electron chi connectivity index (χ4n) is 1.72. The molecule has 0 unspecified atom stereocenters. The summed E-state index contributed by atoms with van der Waals surface area (Å²) in [6, 6.07) is 8.15. The molecule has 0 fully saturated rings. The van der Waals surface area contributed by atoms with Crippen LogP contribution in [0, 0.1) is 5.41 Å². The first-order chi connectivity index (χ1) is 8.59. The lowest BCUT2D eigenvalue weighted by Gasteiger charge is -2.25. The number of hydrogen-bond acceptors (Lipinski definition) is 2. The number of hydrogen-bond donors (Lipinski definition) is 1. The van der Waals surface area contributed by atoms with E-state index in [0.717, 1.165) is 24.4 Å². The quantitative estimate of drug-likeness (QED) is 0.792. The van der Waals surface area contributed by atoms with E-state index in [2.05, 4.69) is 38.2 Å². The first-order valence-corrected chi connectivity index (χ1v) is 6.64. The molecule has 0 aliphatic rings. The Kier molecular flexibility index (Phi) is 5.93. The third-order valence-electron chi connectivity index (χ3n) is 2.74. The minimum absolute atomic E-state index is 0.138. The molecule has 0 saturated carbocycles. The summed E-state index contributed by atoms with van der Waals surface area (Å²) in [6.07, 6.45) is 4.11. The van der Waals surface area contributed by atoms with Gasteiger partial charge in [-0.3, -0.25) is 0 Å². The first-order valence-electron chi connectivity index (χ1n) is 6.64. The van der Waals surface area contributed by atoms with Crippen molar-refractivity contribution in [3.63, 3.8) is 0 Å². The number of benzene rings is 1. The lowest BCUT2D eigenvalue weighted by Crippen LogP contribution is -2.34. The molecule has 2 heteroatoms. The van der Waals surface area contributed by atoms with Gasteiger partial charge in [0.2, 0.25) is 0 Å². The van der Waals surface area contributed by atoms with Crippen molar-refractivity contribution in [2.24, 2.45) is 5.41 Å². The van der Waals surface area contributed by atoms with Crippen LogP contribution in [0.25, 0.3) is 6.08 Å². The van der Waals surface area contributed by atoms with E-state index in [9.17, 15) is 0 Å². The molecule has 0 saturated heterocycles. The normalized spacial score (nSPS) is 12.0. The zero-order chi connectivity index (χ0) is 13.4. The molecule has 100 valence electrons. The smallest absolute Gasteiger partial charge is 0.126 e. The van der Waals surface area contributed by atoms with E-state index in [1.165, 1.54) is 0 Å². The Balaban J connectivity index is 2.62. The van der Waals surface area contributed by atoms with E-state index in [-0.39, 0.29) is 5.41 Å². The Morgan fingerprint density at radius 1 is 1.28 bits per heavy atom. The fourth-order valence-corrected chi connectivity index (χ4v) is 1.72. The van der Waals surface area contributed by atoms with Crippen LogP contribution in [-0.4, -0.2) is 19.7 Å². The van der Waals surface area contributed by atoms with Gasteiger partial charge in [-0.25, -0.2) is 0 Å². The molecular formula is C16H25NO. The number of ether oxygens (including phenoxy) is 1. The average Bonchev–Trinajstić information content (AvgIpc) is 2.36. The van der Waals surface area contributed by atoms with Gasteiger partial charge >= 0.3 is 0 Å². The van der Waals surface area contributed by atoms with Crippen LogP contribution in [0.3, 0.4) is 0 Å². The van der Waals surface area contributed by atoms with Crippen LogP contribution in [0.5, 0.6) is 5.75 Å². The van der Waals surface area contributed by atoms with Crippen molar-refractivity contribution < 1.29 is 4.74 Å². The van der Waals surface area contributed by atoms with Crippen LogP contribution in [0.1, 0.15) is 33.3 Å². The fraction of sp³-hybridized carbons (Fsp3) is 0.500. The molecule has 1 aromatic rings. The molecule has 1 aromatic carbocycles. The molecule has 0 radical (unpaired) electrons. The maximum absolute atomic E-state index is 5.96. The van der Waals surface area contributed by atoms with E-state index in [1.54, 1.807) is 0 Å². The molecule has 1 rings (SSSR count). The third-order valence-corrected chi connectivity index (χ3v) is 2.74. The maximum Gasteiger partial charge on any atom is 0.126 e. The van der Waals surface area contributed by atoms with Gasteiger partial charge in [0, 0.05) is 17.5 Å². The summed E-state index contributed by atoms with van der Waals surface area (Å²) in [7, 11) is 0. The van der Waals surface area contributed by atoms with Crippen molar-refractivity contribution in [1.29, 1.82) is 0 Å². The van der Waals surface area contributed by atoms with Crippen LogP contribution >= 0.6 is 0 Å². The highest BCUT2D eigenvalue weighted by Gasteiger charge is 2.18. The molecule has 0 aliphatic carbocycles. The van der Waals surface area contributed by atoms with Crippen LogP contribution in [0.15, 0.2) is 30.3 Å². The van der Waals surface area contributed by atoms with Gasteiger partial charge in [-0.15, -0.1) is 0 Å². The Labute approximate surface area is 111 Å². The molecule has 0 aromatic heterocycles. The van der Waals surface area contributed by atoms with Crippen LogP contribution < -0.4 is 10.1 Å². The predicted molar refractivity (Wildman–Crippen MR) is 79.0 cm³/mol. The van der Waals surface area contributed by atoms with Crippen LogP contribution in [0.4, 0.5) is 0 Å². The van der Waals surface area contributed by atoms with Crippen LogP contribution in [0.2, 0.25) is 0 Å². The second-order valence-electron chi connectivity index (χ2n) is 5.27. The van der Waals surface area contributed by atoms with Gasteiger partial charge in [-0.1, -0.05) is 51.1 Å². The lowest BCUT2D eigenvalue weighted by molar-refractivity contribution is 0.177. The second kappa shape index (κ2) is 7.22. The Bertz CT molecular complexity index is 382. The molecule has 1 N–H and O–H groups in total. The van der Waals surface area contributed by atoms with Crippen LogP contribution in [-0.2, 0) is 0 Å². The Morgan fingerprint density at radius 3 is 2.67 bits per heavy atom. The average molecular weight is 247 g/mol. The number of rotatable bonds is 7. The largest absolute Gasteiger partial charge is 0.492 e. The van der Waals surface area contributed by atoms with Crippen molar-refractivity contribution in [3.8, 4) is 5.75 Å². The van der Waals surface area contributed by atoms with Crippen molar-refractivity contribution >= 4 is 6.08 Å². The topological polar surface area (TPSA) is 21.3 Å². The highest BCUT2D eigenvalue weighted by atomic mass is 16.5. The van der Waals surface area contributed by atoms with Gasteiger partial charge in [-0.2, -0.15) is 0 Å². The summed E-state index contributed by atoms with van der Waals surface area (Å²) in [6.45, 7) is 11.3. The summed E-state index contributed by atoms with van der Waals surface area (Å²) in [5.41, 5.74) is 1.28. The highest BCUT2D eigenvalue weighted by molar-refractivity contribution is 5.56. The summed E-state index contributed by atoms with van der Waals surface area (Å²) in [5.74, 6) is 0.958. The van der Waals surface area contributed by atoms with Gasteiger partial charge in [0.1, 0.15) is 5.75 Å². The van der Waals surface area contributed by atoms with Crippen molar-refractivity contribution in [3.05, 3.63) is 35.9 Å². The number of para-hydroxylation sites is 1. The molecule has 0 aliphatic heterocycles. The molecule has 0 heterocycles. The highest BCUT2D eigenvalue weighted by Crippen LogP contribution is 2.22. The van der Waals surface area contributed by atoms with E-state index >= 15 is 0 Å². The number of nitrogens with one attached hydrogen (secondary N) is 1. The summed E-state index contributed by atoms with van der Waals surface area (Å²) >= 11 is 0. The summed E-state index contributed by atoms with van der Waals surface area (Å²) in [4.78, 5) is 0. The van der Waals surface area contributed by atoms with Crippen molar-refractivity contribution in [1.82, 2.24) is 5.32 Å². The predicted octanol–water partition coefficient (Wildman–Crippen LogP) is 3.73. The van der Waals surface area contributed by atoms with E-state index in [4.69, 9.17) is 4.74 Å². The Hall–Kier alpha value is -1.28. The van der Waals surface area contributed by atoms with Crippen molar-refractivity contribution in [2.45, 2.75) is 27.7 Å². The minimum atomic E-state index is 0.138. The van der Waals surface area contributed by atoms with E-state index in [1.807, 2.05) is 31.2 Å². The van der Waals surface area contributed by atoms with E-state index < -0.39 is 0 Å². The van der Waals surface area contributed by atoms with Gasteiger partial charge in [0.15, 0.2) is 0 Å². The summed E-state index contributed by atoms with van der Waals surface area (Å²) < 4.78 is 5.96. The lowest BCUT2D eigenvalue weighted by atomic mass is 9.95. The van der Waals surface area contributed by atoms with Crippen molar-refractivity contribution in [2.75, 3.05) is 19.7 Å². The molecule has 0 amide bonds. The second-order valence-corrected chi connectivity index (χ2v) is 5.27. The van der Waals surface area contributed by atoms with Gasteiger partial charge in [0.05, 0.1) is 6.61 Å². The molecule has 18 heavy (non-hydrogen) atoms. The molecule has 0 bridgehead atoms. The van der Waals surface area contributed by atoms with Gasteiger partial charge < -0.3 is 10.1 Å². The standard InChI is InChI=1S/C16H25NO/c1-5-9-14-10-7-8-11-15(14)18-13-16(3,4)12-17-6-2/h5,7-11,17H,6,12-13H2,1-4H3. The Morgan fingerprint density at radius 2 is 2.00 bits per heavy atom. The summed E-state index contributed by atoms with van der Waals surface area (Å²) in [5, 5.41) is 3.37. The van der Waals surface area contributed by atoms with Gasteiger partial charge in [-0.05, 0) is 19.5 Å². The number of allylic oxidation sites excluding steroid dienone is 1. The van der Waals surface area contributed by atoms with E-state index in [0.29, 0.717) is 6.61 Å². The zero-order valence-corrected chi connectivity index (χ0v) is 12.0. The van der Waals surface area contributed by atoms with Gasteiger partial charge in [0.25, 0.3) is 0 Å². The monoisotopic (exact) mass is 247 g/mol. The maximum atomic E-state index is 5.96. The molecule has 0 atom stereocenters. The minimum Gasteiger partial charge on any atom is -0.492 e.